The zero-order valence-electron chi connectivity index (χ0n) is 11.0. The minimum atomic E-state index is -0.572. The van der Waals surface area contributed by atoms with Crippen LogP contribution in [0.2, 0.25) is 10.0 Å². The Balaban J connectivity index is 2.17. The van der Waals surface area contributed by atoms with Crippen LogP contribution in [0.15, 0.2) is 36.4 Å². The summed E-state index contributed by atoms with van der Waals surface area (Å²) < 4.78 is 0. The van der Waals surface area contributed by atoms with Gasteiger partial charge in [0.05, 0.1) is 16.1 Å². The summed E-state index contributed by atoms with van der Waals surface area (Å²) in [6.07, 6.45) is -0.00381. The standard InChI is InChI=1S/C16H16Cl2O/c1-10-3-4-12(7-11(10)2)8-16(19)13-5-6-14(17)15(18)9-13/h3-7,9,16,19H,8H2,1-2H3. The van der Waals surface area contributed by atoms with Gasteiger partial charge in [0.1, 0.15) is 0 Å². The lowest BCUT2D eigenvalue weighted by atomic mass is 9.98. The van der Waals surface area contributed by atoms with Crippen LogP contribution in [0.4, 0.5) is 0 Å². The summed E-state index contributed by atoms with van der Waals surface area (Å²) in [6.45, 7) is 4.15. The van der Waals surface area contributed by atoms with Gasteiger partial charge in [-0.05, 0) is 48.2 Å². The van der Waals surface area contributed by atoms with Crippen LogP contribution in [0.25, 0.3) is 0 Å². The minimum Gasteiger partial charge on any atom is -0.388 e. The Labute approximate surface area is 123 Å². The number of aliphatic hydroxyl groups is 1. The quantitative estimate of drug-likeness (QED) is 0.855. The fourth-order valence-corrected chi connectivity index (χ4v) is 2.30. The second-order valence-electron chi connectivity index (χ2n) is 4.81. The topological polar surface area (TPSA) is 20.2 Å². The normalized spacial score (nSPS) is 12.5. The van der Waals surface area contributed by atoms with Crippen molar-refractivity contribution in [1.29, 1.82) is 0 Å². The molecule has 19 heavy (non-hydrogen) atoms. The van der Waals surface area contributed by atoms with Crippen molar-refractivity contribution in [3.05, 3.63) is 68.7 Å². The lowest BCUT2D eigenvalue weighted by Gasteiger charge is -2.13. The monoisotopic (exact) mass is 294 g/mol. The van der Waals surface area contributed by atoms with Crippen molar-refractivity contribution < 1.29 is 5.11 Å². The average molecular weight is 295 g/mol. The number of hydrogen-bond donors (Lipinski definition) is 1. The average Bonchev–Trinajstić information content (AvgIpc) is 2.37. The predicted molar refractivity (Wildman–Crippen MR) is 81.0 cm³/mol. The van der Waals surface area contributed by atoms with Gasteiger partial charge in [-0.3, -0.25) is 0 Å². The summed E-state index contributed by atoms with van der Waals surface area (Å²) in [5.41, 5.74) is 4.39. The van der Waals surface area contributed by atoms with Crippen LogP contribution < -0.4 is 0 Å². The second kappa shape index (κ2) is 5.96. The molecule has 0 bridgehead atoms. The SMILES string of the molecule is Cc1ccc(CC(O)c2ccc(Cl)c(Cl)c2)cc1C. The molecule has 1 unspecified atom stereocenters. The summed E-state index contributed by atoms with van der Waals surface area (Å²) in [7, 11) is 0. The third-order valence-corrected chi connectivity index (χ3v) is 4.07. The Hall–Kier alpha value is -1.02. The summed E-state index contributed by atoms with van der Waals surface area (Å²) >= 11 is 11.8. The molecule has 1 N–H and O–H groups in total. The molecular weight excluding hydrogens is 279 g/mol. The molecule has 2 aromatic carbocycles. The molecule has 100 valence electrons. The molecule has 0 heterocycles. The zero-order valence-corrected chi connectivity index (χ0v) is 12.5. The van der Waals surface area contributed by atoms with E-state index in [0.29, 0.717) is 16.5 Å². The first-order chi connectivity index (χ1) is 8.97. The van der Waals surface area contributed by atoms with Gasteiger partial charge in [0.25, 0.3) is 0 Å². The highest BCUT2D eigenvalue weighted by atomic mass is 35.5. The van der Waals surface area contributed by atoms with Crippen molar-refractivity contribution in [2.45, 2.75) is 26.4 Å². The number of aryl methyl sites for hydroxylation is 2. The van der Waals surface area contributed by atoms with Gasteiger partial charge in [0.2, 0.25) is 0 Å². The van der Waals surface area contributed by atoms with Crippen molar-refractivity contribution in [2.75, 3.05) is 0 Å². The summed E-state index contributed by atoms with van der Waals surface area (Å²) in [4.78, 5) is 0. The van der Waals surface area contributed by atoms with E-state index in [1.807, 2.05) is 6.07 Å². The van der Waals surface area contributed by atoms with Crippen molar-refractivity contribution in [2.24, 2.45) is 0 Å². The molecule has 0 radical (unpaired) electrons. The smallest absolute Gasteiger partial charge is 0.0830 e. The number of aliphatic hydroxyl groups excluding tert-OH is 1. The van der Waals surface area contributed by atoms with E-state index in [0.717, 1.165) is 11.1 Å². The molecule has 3 heteroatoms. The van der Waals surface area contributed by atoms with Crippen molar-refractivity contribution in [1.82, 2.24) is 0 Å². The van der Waals surface area contributed by atoms with E-state index >= 15 is 0 Å². The third-order valence-electron chi connectivity index (χ3n) is 3.33. The molecule has 0 amide bonds. The lowest BCUT2D eigenvalue weighted by molar-refractivity contribution is 0.178. The Kier molecular flexibility index (Phi) is 4.51. The van der Waals surface area contributed by atoms with E-state index in [1.54, 1.807) is 18.2 Å². The maximum Gasteiger partial charge on any atom is 0.0830 e. The van der Waals surface area contributed by atoms with Gasteiger partial charge in [-0.2, -0.15) is 0 Å². The molecule has 0 fully saturated rings. The molecule has 0 saturated carbocycles. The Morgan fingerprint density at radius 2 is 1.68 bits per heavy atom. The first-order valence-corrected chi connectivity index (χ1v) is 6.92. The first kappa shape index (κ1) is 14.4. The molecule has 0 spiro atoms. The largest absolute Gasteiger partial charge is 0.388 e. The second-order valence-corrected chi connectivity index (χ2v) is 5.63. The Bertz CT molecular complexity index is 593. The van der Waals surface area contributed by atoms with Crippen LogP contribution in [-0.4, -0.2) is 5.11 Å². The predicted octanol–water partition coefficient (Wildman–Crippen LogP) is 4.89. The molecule has 2 rings (SSSR count). The van der Waals surface area contributed by atoms with Crippen molar-refractivity contribution in [3.8, 4) is 0 Å². The van der Waals surface area contributed by atoms with Crippen LogP contribution in [0, 0.1) is 13.8 Å². The van der Waals surface area contributed by atoms with Gasteiger partial charge in [-0.15, -0.1) is 0 Å². The van der Waals surface area contributed by atoms with Crippen molar-refractivity contribution >= 4 is 23.2 Å². The van der Waals surface area contributed by atoms with Gasteiger partial charge in [0.15, 0.2) is 0 Å². The number of benzene rings is 2. The summed E-state index contributed by atoms with van der Waals surface area (Å²) in [6, 6.07) is 11.5. The minimum absolute atomic E-state index is 0.471. The van der Waals surface area contributed by atoms with Gasteiger partial charge in [-0.25, -0.2) is 0 Å². The molecule has 0 aromatic heterocycles. The highest BCUT2D eigenvalue weighted by Gasteiger charge is 2.11. The Morgan fingerprint density at radius 3 is 2.32 bits per heavy atom. The fourth-order valence-electron chi connectivity index (χ4n) is 1.99. The van der Waals surface area contributed by atoms with Gasteiger partial charge in [-0.1, -0.05) is 47.5 Å². The van der Waals surface area contributed by atoms with Gasteiger partial charge >= 0.3 is 0 Å². The van der Waals surface area contributed by atoms with E-state index in [1.165, 1.54) is 11.1 Å². The summed E-state index contributed by atoms with van der Waals surface area (Å²) in [5, 5.41) is 11.2. The zero-order chi connectivity index (χ0) is 14.0. The highest BCUT2D eigenvalue weighted by molar-refractivity contribution is 6.42. The molecule has 0 saturated heterocycles. The molecule has 0 aliphatic rings. The lowest BCUT2D eigenvalue weighted by Crippen LogP contribution is -2.02. The van der Waals surface area contributed by atoms with Crippen LogP contribution in [0.1, 0.15) is 28.4 Å². The van der Waals surface area contributed by atoms with Crippen LogP contribution >= 0.6 is 23.2 Å². The van der Waals surface area contributed by atoms with E-state index in [9.17, 15) is 5.11 Å². The van der Waals surface area contributed by atoms with Gasteiger partial charge < -0.3 is 5.11 Å². The molecule has 1 nitrogen and oxygen atoms in total. The van der Waals surface area contributed by atoms with E-state index in [-0.39, 0.29) is 0 Å². The molecule has 0 aliphatic heterocycles. The molecular formula is C16H16Cl2O. The summed E-state index contributed by atoms with van der Waals surface area (Å²) in [5.74, 6) is 0. The van der Waals surface area contributed by atoms with Crippen LogP contribution in [0.3, 0.4) is 0 Å². The third kappa shape index (κ3) is 3.50. The molecule has 1 atom stereocenters. The maximum atomic E-state index is 10.2. The van der Waals surface area contributed by atoms with E-state index in [2.05, 4.69) is 26.0 Å². The van der Waals surface area contributed by atoms with Crippen molar-refractivity contribution in [3.63, 3.8) is 0 Å². The maximum absolute atomic E-state index is 10.2. The number of halogens is 2. The number of rotatable bonds is 3. The van der Waals surface area contributed by atoms with Crippen LogP contribution in [-0.2, 0) is 6.42 Å². The fraction of sp³-hybridized carbons (Fsp3) is 0.250. The Morgan fingerprint density at radius 1 is 0.947 bits per heavy atom. The number of hydrogen-bond acceptors (Lipinski definition) is 1. The first-order valence-electron chi connectivity index (χ1n) is 6.16. The molecule has 2 aromatic rings. The van der Waals surface area contributed by atoms with Gasteiger partial charge in [0, 0.05) is 6.42 Å². The van der Waals surface area contributed by atoms with E-state index in [4.69, 9.17) is 23.2 Å². The highest BCUT2D eigenvalue weighted by Crippen LogP contribution is 2.27. The van der Waals surface area contributed by atoms with E-state index < -0.39 is 6.10 Å². The van der Waals surface area contributed by atoms with Crippen LogP contribution in [0.5, 0.6) is 0 Å². The molecule has 0 aliphatic carbocycles.